The number of benzene rings is 1. The minimum atomic E-state index is -0.404. The highest BCUT2D eigenvalue weighted by Crippen LogP contribution is 2.30. The van der Waals surface area contributed by atoms with Gasteiger partial charge < -0.3 is 0 Å². The Morgan fingerprint density at radius 1 is 1.29 bits per heavy atom. The summed E-state index contributed by atoms with van der Waals surface area (Å²) in [5.41, 5.74) is 1.03. The number of carbonyl (C=O) groups is 1. The number of thioether (sulfide) groups is 1. The van der Waals surface area contributed by atoms with Crippen molar-refractivity contribution in [3.05, 3.63) is 40.4 Å². The quantitative estimate of drug-likeness (QED) is 0.619. The lowest BCUT2D eigenvalue weighted by Gasteiger charge is -2.20. The Kier molecular flexibility index (Phi) is 5.16. The summed E-state index contributed by atoms with van der Waals surface area (Å²) in [6.45, 7) is 2.15. The van der Waals surface area contributed by atoms with E-state index in [1.54, 1.807) is 30.3 Å². The molecule has 2 aliphatic rings. The SMILES string of the molecule is CCCCCC1=NN2C(=N)C(=Cc3ccc(Cl)cc3)C(=O)N=C2S1. The largest absolute Gasteiger partial charge is 0.283 e. The average Bonchev–Trinajstić information content (AvgIpc) is 2.96. The predicted molar refractivity (Wildman–Crippen MR) is 101 cm³/mol. The topological polar surface area (TPSA) is 68.9 Å². The van der Waals surface area contributed by atoms with E-state index in [0.29, 0.717) is 10.2 Å². The molecule has 1 aromatic carbocycles. The number of amides is 1. The minimum absolute atomic E-state index is 0.0675. The number of nitrogens with one attached hydrogen (secondary N) is 1. The highest BCUT2D eigenvalue weighted by molar-refractivity contribution is 8.26. The van der Waals surface area contributed by atoms with Gasteiger partial charge in [0.2, 0.25) is 5.17 Å². The van der Waals surface area contributed by atoms with E-state index in [9.17, 15) is 4.79 Å². The van der Waals surface area contributed by atoms with Gasteiger partial charge in [-0.05, 0) is 48.4 Å². The molecule has 2 aliphatic heterocycles. The van der Waals surface area contributed by atoms with Gasteiger partial charge in [-0.3, -0.25) is 10.2 Å². The second-order valence-electron chi connectivity index (χ2n) is 5.52. The molecule has 1 amide bonds. The molecule has 124 valence electrons. The molecule has 0 unspecified atom stereocenters. The molecule has 24 heavy (non-hydrogen) atoms. The Hall–Kier alpha value is -1.92. The summed E-state index contributed by atoms with van der Waals surface area (Å²) in [6, 6.07) is 7.09. The van der Waals surface area contributed by atoms with Crippen molar-refractivity contribution in [3.8, 4) is 0 Å². The molecule has 0 aromatic heterocycles. The smallest absolute Gasteiger partial charge is 0.282 e. The third kappa shape index (κ3) is 3.60. The van der Waals surface area contributed by atoms with E-state index < -0.39 is 5.91 Å². The third-order valence-corrected chi connectivity index (χ3v) is 4.89. The van der Waals surface area contributed by atoms with Crippen LogP contribution in [0.2, 0.25) is 5.02 Å². The van der Waals surface area contributed by atoms with Crippen molar-refractivity contribution in [1.29, 1.82) is 5.41 Å². The number of fused-ring (bicyclic) bond motifs is 1. The van der Waals surface area contributed by atoms with E-state index >= 15 is 0 Å². The zero-order valence-corrected chi connectivity index (χ0v) is 14.8. The maximum atomic E-state index is 12.3. The normalized spacial score (nSPS) is 18.8. The Bertz CT molecular complexity index is 767. The van der Waals surface area contributed by atoms with E-state index in [4.69, 9.17) is 17.0 Å². The maximum Gasteiger partial charge on any atom is 0.283 e. The van der Waals surface area contributed by atoms with Crippen LogP contribution < -0.4 is 0 Å². The van der Waals surface area contributed by atoms with Crippen molar-refractivity contribution in [1.82, 2.24) is 5.01 Å². The molecule has 0 aliphatic carbocycles. The number of unbranched alkanes of at least 4 members (excludes halogenated alkanes) is 2. The van der Waals surface area contributed by atoms with Gasteiger partial charge >= 0.3 is 0 Å². The number of carbonyl (C=O) groups excluding carboxylic acids is 1. The first-order valence-electron chi connectivity index (χ1n) is 7.83. The lowest BCUT2D eigenvalue weighted by molar-refractivity contribution is -0.114. The standard InChI is InChI=1S/C17H17ClN4OS/c1-2-3-4-5-14-21-22-15(19)13(16(23)20-17(22)24-14)10-11-6-8-12(18)9-7-11/h6-10,19H,2-5H2,1H3. The van der Waals surface area contributed by atoms with Gasteiger partial charge in [0.25, 0.3) is 5.91 Å². The second-order valence-corrected chi connectivity index (χ2v) is 7.00. The van der Waals surface area contributed by atoms with Gasteiger partial charge in [0.05, 0.1) is 5.57 Å². The van der Waals surface area contributed by atoms with Crippen LogP contribution in [-0.2, 0) is 4.79 Å². The van der Waals surface area contributed by atoms with Crippen molar-refractivity contribution >= 4 is 51.4 Å². The summed E-state index contributed by atoms with van der Waals surface area (Å²) < 4.78 is 0. The Balaban J connectivity index is 1.82. The van der Waals surface area contributed by atoms with Crippen LogP contribution in [0.1, 0.15) is 38.2 Å². The number of hydrogen-bond acceptors (Lipinski definition) is 4. The van der Waals surface area contributed by atoms with Gasteiger partial charge in [0.15, 0.2) is 5.84 Å². The van der Waals surface area contributed by atoms with Crippen molar-refractivity contribution < 1.29 is 4.79 Å². The molecule has 1 aromatic rings. The Morgan fingerprint density at radius 3 is 2.75 bits per heavy atom. The number of hydrazone groups is 1. The van der Waals surface area contributed by atoms with Crippen molar-refractivity contribution in [2.45, 2.75) is 32.6 Å². The Morgan fingerprint density at radius 2 is 2.04 bits per heavy atom. The van der Waals surface area contributed by atoms with Gasteiger partial charge in [-0.2, -0.15) is 15.1 Å². The first-order valence-corrected chi connectivity index (χ1v) is 9.02. The number of nitrogens with zero attached hydrogens (tertiary/aromatic N) is 3. The van der Waals surface area contributed by atoms with Crippen LogP contribution in [0.4, 0.5) is 0 Å². The first-order chi connectivity index (χ1) is 11.6. The molecular formula is C17H17ClN4OS. The fraction of sp³-hybridized carbons (Fsp3) is 0.294. The van der Waals surface area contributed by atoms with Crippen LogP contribution in [0.5, 0.6) is 0 Å². The lowest BCUT2D eigenvalue weighted by atomic mass is 10.1. The highest BCUT2D eigenvalue weighted by atomic mass is 35.5. The summed E-state index contributed by atoms with van der Waals surface area (Å²) in [5.74, 6) is -0.336. The number of aliphatic imine (C=N–C) groups is 1. The van der Waals surface area contributed by atoms with Gasteiger partial charge in [-0.25, -0.2) is 0 Å². The van der Waals surface area contributed by atoms with Crippen molar-refractivity contribution in [3.63, 3.8) is 0 Å². The average molecular weight is 361 g/mol. The molecule has 7 heteroatoms. The fourth-order valence-corrected chi connectivity index (χ4v) is 3.44. The minimum Gasteiger partial charge on any atom is -0.282 e. The Labute approximate surface area is 150 Å². The molecule has 2 heterocycles. The van der Waals surface area contributed by atoms with Crippen LogP contribution in [0.3, 0.4) is 0 Å². The van der Waals surface area contributed by atoms with Crippen LogP contribution >= 0.6 is 23.4 Å². The van der Waals surface area contributed by atoms with Crippen molar-refractivity contribution in [2.75, 3.05) is 0 Å². The first kappa shape index (κ1) is 16.9. The monoisotopic (exact) mass is 360 g/mol. The van der Waals surface area contributed by atoms with E-state index in [2.05, 4.69) is 17.0 Å². The summed E-state index contributed by atoms with van der Waals surface area (Å²) in [6.07, 6.45) is 5.84. The molecule has 0 saturated heterocycles. The third-order valence-electron chi connectivity index (χ3n) is 3.67. The molecule has 0 spiro atoms. The molecule has 5 nitrogen and oxygen atoms in total. The summed E-state index contributed by atoms with van der Waals surface area (Å²) in [4.78, 5) is 16.4. The molecule has 0 saturated carbocycles. The van der Waals surface area contributed by atoms with E-state index in [-0.39, 0.29) is 11.4 Å². The zero-order chi connectivity index (χ0) is 17.1. The lowest BCUT2D eigenvalue weighted by Crippen LogP contribution is -2.35. The summed E-state index contributed by atoms with van der Waals surface area (Å²) >= 11 is 7.25. The molecule has 0 bridgehead atoms. The second kappa shape index (κ2) is 7.32. The predicted octanol–water partition coefficient (Wildman–Crippen LogP) is 4.54. The van der Waals surface area contributed by atoms with E-state index in [0.717, 1.165) is 36.3 Å². The number of halogens is 1. The number of rotatable bonds is 5. The van der Waals surface area contributed by atoms with Crippen LogP contribution in [-0.4, -0.2) is 27.0 Å². The molecule has 1 N–H and O–H groups in total. The molecule has 0 atom stereocenters. The molecule has 0 fully saturated rings. The molecular weight excluding hydrogens is 344 g/mol. The van der Waals surface area contributed by atoms with Crippen molar-refractivity contribution in [2.24, 2.45) is 10.1 Å². The van der Waals surface area contributed by atoms with Gasteiger partial charge in [-0.1, -0.05) is 43.5 Å². The number of hydrogen-bond donors (Lipinski definition) is 1. The van der Waals surface area contributed by atoms with Crippen LogP contribution in [0, 0.1) is 5.41 Å². The molecule has 3 rings (SSSR count). The molecule has 0 radical (unpaired) electrons. The van der Waals surface area contributed by atoms with E-state index in [1.165, 1.54) is 16.8 Å². The van der Waals surface area contributed by atoms with Gasteiger partial charge in [0.1, 0.15) is 5.04 Å². The van der Waals surface area contributed by atoms with Gasteiger partial charge in [0, 0.05) is 5.02 Å². The van der Waals surface area contributed by atoms with E-state index in [1.807, 2.05) is 0 Å². The fourth-order valence-electron chi connectivity index (χ4n) is 2.38. The van der Waals surface area contributed by atoms with Crippen LogP contribution in [0.15, 0.2) is 39.9 Å². The summed E-state index contributed by atoms with van der Waals surface area (Å²) in [5, 5.41) is 16.2. The highest BCUT2D eigenvalue weighted by Gasteiger charge is 2.35. The number of amidine groups is 2. The van der Waals surface area contributed by atoms with Gasteiger partial charge in [-0.15, -0.1) is 0 Å². The zero-order valence-electron chi connectivity index (χ0n) is 13.3. The van der Waals surface area contributed by atoms with Crippen LogP contribution in [0.25, 0.3) is 6.08 Å². The summed E-state index contributed by atoms with van der Waals surface area (Å²) in [7, 11) is 0. The maximum absolute atomic E-state index is 12.3.